The number of amides is 1. The van der Waals surface area contributed by atoms with Gasteiger partial charge in [0.2, 0.25) is 5.91 Å². The van der Waals surface area contributed by atoms with Gasteiger partial charge in [-0.05, 0) is 51.2 Å². The molecule has 0 aliphatic heterocycles. The predicted molar refractivity (Wildman–Crippen MR) is 86.3 cm³/mol. The van der Waals surface area contributed by atoms with E-state index in [1.807, 2.05) is 0 Å². The Balaban J connectivity index is 2.02. The SMILES string of the molecule is CC(C)(C(=O)NCc1cc2c(s1)CCCCC2)S(C)(=O)=O. The Morgan fingerprint density at radius 1 is 1.29 bits per heavy atom. The number of hydrogen-bond donors (Lipinski definition) is 1. The van der Waals surface area contributed by atoms with Crippen molar-refractivity contribution in [1.82, 2.24) is 5.32 Å². The zero-order valence-corrected chi connectivity index (χ0v) is 14.5. The number of carbonyl (C=O) groups is 1. The summed E-state index contributed by atoms with van der Waals surface area (Å²) in [6, 6.07) is 2.17. The van der Waals surface area contributed by atoms with Crippen molar-refractivity contribution in [2.45, 2.75) is 57.2 Å². The van der Waals surface area contributed by atoms with Gasteiger partial charge in [0.15, 0.2) is 9.84 Å². The van der Waals surface area contributed by atoms with Gasteiger partial charge in [0.1, 0.15) is 4.75 Å². The Kier molecular flexibility index (Phi) is 4.78. The summed E-state index contributed by atoms with van der Waals surface area (Å²) in [6.07, 6.45) is 7.10. The van der Waals surface area contributed by atoms with E-state index in [1.165, 1.54) is 43.6 Å². The average Bonchev–Trinajstić information content (AvgIpc) is 2.64. The number of hydrogen-bond acceptors (Lipinski definition) is 4. The fourth-order valence-corrected chi connectivity index (χ4v) is 3.97. The van der Waals surface area contributed by atoms with Gasteiger partial charge >= 0.3 is 0 Å². The van der Waals surface area contributed by atoms with Gasteiger partial charge < -0.3 is 5.32 Å². The zero-order chi connectivity index (χ0) is 15.7. The van der Waals surface area contributed by atoms with E-state index < -0.39 is 20.5 Å². The third kappa shape index (κ3) is 3.66. The molecule has 0 spiro atoms. The minimum absolute atomic E-state index is 0.412. The number of rotatable bonds is 4. The van der Waals surface area contributed by atoms with Gasteiger partial charge in [0.25, 0.3) is 0 Å². The normalized spacial score (nSPS) is 16.1. The molecule has 1 amide bonds. The van der Waals surface area contributed by atoms with Crippen molar-refractivity contribution in [2.24, 2.45) is 0 Å². The number of carbonyl (C=O) groups excluding carboxylic acids is 1. The molecule has 6 heteroatoms. The molecular weight excluding hydrogens is 306 g/mol. The molecule has 0 saturated carbocycles. The molecule has 0 saturated heterocycles. The summed E-state index contributed by atoms with van der Waals surface area (Å²) in [5.41, 5.74) is 1.41. The molecule has 1 aliphatic carbocycles. The lowest BCUT2D eigenvalue weighted by atomic mass is 10.1. The van der Waals surface area contributed by atoms with E-state index in [4.69, 9.17) is 0 Å². The van der Waals surface area contributed by atoms with Crippen molar-refractivity contribution < 1.29 is 13.2 Å². The van der Waals surface area contributed by atoms with Crippen molar-refractivity contribution >= 4 is 27.1 Å². The average molecular weight is 329 g/mol. The smallest absolute Gasteiger partial charge is 0.241 e. The highest BCUT2D eigenvalue weighted by Crippen LogP contribution is 2.29. The number of sulfone groups is 1. The van der Waals surface area contributed by atoms with E-state index in [9.17, 15) is 13.2 Å². The van der Waals surface area contributed by atoms with Gasteiger partial charge in [-0.15, -0.1) is 11.3 Å². The Bertz CT molecular complexity index is 606. The maximum atomic E-state index is 12.1. The Morgan fingerprint density at radius 3 is 2.62 bits per heavy atom. The van der Waals surface area contributed by atoms with Gasteiger partial charge in [-0.2, -0.15) is 0 Å². The molecule has 1 aliphatic rings. The third-order valence-corrected chi connectivity index (χ3v) is 7.47. The van der Waals surface area contributed by atoms with Crippen molar-refractivity contribution in [3.63, 3.8) is 0 Å². The molecule has 21 heavy (non-hydrogen) atoms. The zero-order valence-electron chi connectivity index (χ0n) is 12.9. The Morgan fingerprint density at radius 2 is 1.95 bits per heavy atom. The van der Waals surface area contributed by atoms with Crippen LogP contribution in [0, 0.1) is 0 Å². The maximum absolute atomic E-state index is 12.1. The van der Waals surface area contributed by atoms with Crippen LogP contribution >= 0.6 is 11.3 Å². The van der Waals surface area contributed by atoms with Gasteiger partial charge in [-0.1, -0.05) is 6.42 Å². The number of nitrogens with one attached hydrogen (secondary N) is 1. The molecule has 1 aromatic heterocycles. The molecule has 1 N–H and O–H groups in total. The van der Waals surface area contributed by atoms with Gasteiger partial charge in [-0.25, -0.2) is 8.42 Å². The van der Waals surface area contributed by atoms with Crippen molar-refractivity contribution in [3.05, 3.63) is 21.4 Å². The first-order valence-electron chi connectivity index (χ1n) is 7.30. The lowest BCUT2D eigenvalue weighted by Crippen LogP contribution is -2.47. The quantitative estimate of drug-likeness (QED) is 0.863. The van der Waals surface area contributed by atoms with Crippen LogP contribution in [0.5, 0.6) is 0 Å². The first-order valence-corrected chi connectivity index (χ1v) is 10.0. The summed E-state index contributed by atoms with van der Waals surface area (Å²) in [4.78, 5) is 14.6. The van der Waals surface area contributed by atoms with Gasteiger partial charge in [0.05, 0.1) is 6.54 Å². The molecule has 118 valence electrons. The first kappa shape index (κ1) is 16.5. The van der Waals surface area contributed by atoms with E-state index in [0.29, 0.717) is 6.54 Å². The monoisotopic (exact) mass is 329 g/mol. The summed E-state index contributed by atoms with van der Waals surface area (Å²) in [7, 11) is -3.42. The van der Waals surface area contributed by atoms with Crippen molar-refractivity contribution in [1.29, 1.82) is 0 Å². The minimum Gasteiger partial charge on any atom is -0.350 e. The third-order valence-electron chi connectivity index (χ3n) is 4.19. The molecule has 0 atom stereocenters. The Hall–Kier alpha value is -0.880. The standard InChI is InChI=1S/C15H23NO3S2/c1-15(2,21(3,18)19)14(17)16-10-12-9-11-7-5-4-6-8-13(11)20-12/h9H,4-8,10H2,1-3H3,(H,16,17). The van der Waals surface area contributed by atoms with Crippen LogP contribution < -0.4 is 5.32 Å². The molecule has 2 rings (SSSR count). The molecule has 0 aromatic carbocycles. The van der Waals surface area contributed by atoms with Crippen LogP contribution in [0.25, 0.3) is 0 Å². The number of thiophene rings is 1. The summed E-state index contributed by atoms with van der Waals surface area (Å²) in [5, 5.41) is 2.76. The fraction of sp³-hybridized carbons (Fsp3) is 0.667. The molecule has 0 fully saturated rings. The van der Waals surface area contributed by atoms with E-state index in [1.54, 1.807) is 11.3 Å². The van der Waals surface area contributed by atoms with E-state index in [0.717, 1.165) is 24.0 Å². The first-order chi connectivity index (χ1) is 9.72. The second-order valence-electron chi connectivity index (χ2n) is 6.19. The molecule has 0 unspecified atom stereocenters. The highest BCUT2D eigenvalue weighted by molar-refractivity contribution is 7.92. The molecule has 1 aromatic rings. The Labute approximate surface area is 130 Å². The molecule has 4 nitrogen and oxygen atoms in total. The van der Waals surface area contributed by atoms with Crippen LogP contribution in [-0.2, 0) is 34.0 Å². The van der Waals surface area contributed by atoms with Crippen LogP contribution in [0.15, 0.2) is 6.07 Å². The number of aryl methyl sites for hydroxylation is 2. The van der Waals surface area contributed by atoms with Crippen LogP contribution in [0.4, 0.5) is 0 Å². The van der Waals surface area contributed by atoms with E-state index in [-0.39, 0.29) is 0 Å². The van der Waals surface area contributed by atoms with Crippen LogP contribution in [0.1, 0.15) is 48.4 Å². The second-order valence-corrected chi connectivity index (χ2v) is 9.97. The molecule has 0 bridgehead atoms. The van der Waals surface area contributed by atoms with E-state index >= 15 is 0 Å². The van der Waals surface area contributed by atoms with Gasteiger partial charge in [-0.3, -0.25) is 4.79 Å². The summed E-state index contributed by atoms with van der Waals surface area (Å²) in [6.45, 7) is 3.30. The minimum atomic E-state index is -3.42. The number of fused-ring (bicyclic) bond motifs is 1. The van der Waals surface area contributed by atoms with E-state index in [2.05, 4.69) is 11.4 Å². The molecular formula is C15H23NO3S2. The second kappa shape index (κ2) is 6.08. The van der Waals surface area contributed by atoms with Crippen LogP contribution in [-0.4, -0.2) is 25.3 Å². The predicted octanol–water partition coefficient (Wildman–Crippen LogP) is 2.46. The summed E-state index contributed by atoms with van der Waals surface area (Å²) in [5.74, 6) is -0.436. The van der Waals surface area contributed by atoms with Gasteiger partial charge in [0, 0.05) is 16.0 Å². The molecule has 0 radical (unpaired) electrons. The maximum Gasteiger partial charge on any atom is 0.241 e. The fourth-order valence-electron chi connectivity index (χ4n) is 2.36. The van der Waals surface area contributed by atoms with Crippen LogP contribution in [0.3, 0.4) is 0 Å². The van der Waals surface area contributed by atoms with Crippen LogP contribution in [0.2, 0.25) is 0 Å². The highest BCUT2D eigenvalue weighted by Gasteiger charge is 2.38. The highest BCUT2D eigenvalue weighted by atomic mass is 32.2. The summed E-state index contributed by atoms with van der Waals surface area (Å²) < 4.78 is 21.9. The van der Waals surface area contributed by atoms with Crippen molar-refractivity contribution in [3.8, 4) is 0 Å². The lowest BCUT2D eigenvalue weighted by Gasteiger charge is -2.21. The summed E-state index contributed by atoms with van der Waals surface area (Å²) >= 11 is 1.74. The topological polar surface area (TPSA) is 63.2 Å². The lowest BCUT2D eigenvalue weighted by molar-refractivity contribution is -0.123. The molecule has 1 heterocycles. The largest absolute Gasteiger partial charge is 0.350 e. The van der Waals surface area contributed by atoms with Crippen molar-refractivity contribution in [2.75, 3.05) is 6.26 Å².